The van der Waals surface area contributed by atoms with E-state index in [1.807, 2.05) is 0 Å². The molecule has 0 bridgehead atoms. The molecule has 6 nitrogen and oxygen atoms in total. The van der Waals surface area contributed by atoms with Gasteiger partial charge in [-0.1, -0.05) is 34.8 Å². The SMILES string of the molecule is CCOC(=O)Oc1c(C)nn(-c2c(Cl)cc(Cl)cc2Cl)c1N. The van der Waals surface area contributed by atoms with Crippen LogP contribution in [0.1, 0.15) is 12.6 Å². The minimum Gasteiger partial charge on any atom is -0.434 e. The molecule has 22 heavy (non-hydrogen) atoms. The van der Waals surface area contributed by atoms with Crippen molar-refractivity contribution in [1.82, 2.24) is 9.78 Å². The van der Waals surface area contributed by atoms with Crippen LogP contribution in [-0.2, 0) is 4.74 Å². The number of hydrogen-bond acceptors (Lipinski definition) is 5. The summed E-state index contributed by atoms with van der Waals surface area (Å²) in [5.74, 6) is 0.150. The van der Waals surface area contributed by atoms with E-state index in [2.05, 4.69) is 5.10 Å². The summed E-state index contributed by atoms with van der Waals surface area (Å²) in [5.41, 5.74) is 6.70. The number of benzene rings is 1. The molecule has 1 aromatic carbocycles. The number of aryl methyl sites for hydroxylation is 1. The molecule has 0 saturated carbocycles. The van der Waals surface area contributed by atoms with E-state index < -0.39 is 6.16 Å². The summed E-state index contributed by atoms with van der Waals surface area (Å²) in [4.78, 5) is 11.4. The number of ether oxygens (including phenoxy) is 2. The third kappa shape index (κ3) is 3.24. The Hall–Kier alpha value is -1.63. The zero-order valence-corrected chi connectivity index (χ0v) is 14.0. The van der Waals surface area contributed by atoms with Gasteiger partial charge in [-0.3, -0.25) is 0 Å². The second-order valence-electron chi connectivity index (χ2n) is 4.21. The van der Waals surface area contributed by atoms with Crippen molar-refractivity contribution in [1.29, 1.82) is 0 Å². The molecule has 0 atom stereocenters. The molecular weight excluding hydrogens is 353 g/mol. The summed E-state index contributed by atoms with van der Waals surface area (Å²) in [7, 11) is 0. The van der Waals surface area contributed by atoms with Crippen molar-refractivity contribution in [2.24, 2.45) is 0 Å². The third-order valence-electron chi connectivity index (χ3n) is 2.68. The maximum Gasteiger partial charge on any atom is 0.514 e. The van der Waals surface area contributed by atoms with Crippen LogP contribution in [0.3, 0.4) is 0 Å². The van der Waals surface area contributed by atoms with E-state index in [-0.39, 0.29) is 28.2 Å². The molecule has 1 heterocycles. The van der Waals surface area contributed by atoms with Gasteiger partial charge in [-0.25, -0.2) is 9.48 Å². The third-order valence-corrected chi connectivity index (χ3v) is 3.47. The van der Waals surface area contributed by atoms with E-state index in [0.717, 1.165) is 0 Å². The highest BCUT2D eigenvalue weighted by Crippen LogP contribution is 2.36. The minimum atomic E-state index is -0.870. The Morgan fingerprint density at radius 2 is 1.91 bits per heavy atom. The Morgan fingerprint density at radius 3 is 2.45 bits per heavy atom. The lowest BCUT2D eigenvalue weighted by Gasteiger charge is -2.09. The number of nitrogens with zero attached hydrogens (tertiary/aromatic N) is 2. The van der Waals surface area contributed by atoms with Gasteiger partial charge in [0.15, 0.2) is 11.6 Å². The lowest BCUT2D eigenvalue weighted by Crippen LogP contribution is -2.11. The lowest BCUT2D eigenvalue weighted by atomic mass is 10.3. The summed E-state index contributed by atoms with van der Waals surface area (Å²) in [6.07, 6.45) is -0.870. The van der Waals surface area contributed by atoms with Crippen LogP contribution in [0.5, 0.6) is 5.75 Å². The molecule has 0 spiro atoms. The molecule has 0 aliphatic carbocycles. The number of nitrogen functional groups attached to an aromatic ring is 1. The van der Waals surface area contributed by atoms with E-state index in [1.54, 1.807) is 13.8 Å². The molecule has 2 rings (SSSR count). The molecule has 9 heteroatoms. The number of rotatable bonds is 3. The van der Waals surface area contributed by atoms with Crippen LogP contribution < -0.4 is 10.5 Å². The number of aromatic nitrogens is 2. The quantitative estimate of drug-likeness (QED) is 0.823. The fourth-order valence-electron chi connectivity index (χ4n) is 1.79. The van der Waals surface area contributed by atoms with Crippen LogP contribution >= 0.6 is 34.8 Å². The van der Waals surface area contributed by atoms with Gasteiger partial charge in [-0.05, 0) is 26.0 Å². The van der Waals surface area contributed by atoms with Crippen molar-refractivity contribution >= 4 is 46.8 Å². The van der Waals surface area contributed by atoms with Gasteiger partial charge in [0.1, 0.15) is 11.4 Å². The number of carbonyl (C=O) groups excluding carboxylic acids is 1. The summed E-state index contributed by atoms with van der Waals surface area (Å²) in [5, 5.41) is 5.09. The molecule has 2 aromatic rings. The second-order valence-corrected chi connectivity index (χ2v) is 5.47. The highest BCUT2D eigenvalue weighted by Gasteiger charge is 2.22. The van der Waals surface area contributed by atoms with Crippen LogP contribution in [0.25, 0.3) is 5.69 Å². The number of hydrogen-bond donors (Lipinski definition) is 1. The highest BCUT2D eigenvalue weighted by atomic mass is 35.5. The first-order chi connectivity index (χ1) is 10.3. The Kier molecular flexibility index (Phi) is 5.05. The number of nitrogens with two attached hydrogens (primary N) is 1. The summed E-state index contributed by atoms with van der Waals surface area (Å²) >= 11 is 18.2. The van der Waals surface area contributed by atoms with Gasteiger partial charge < -0.3 is 15.2 Å². The summed E-state index contributed by atoms with van der Waals surface area (Å²) in [6.45, 7) is 3.47. The average Bonchev–Trinajstić information content (AvgIpc) is 2.66. The zero-order chi connectivity index (χ0) is 16.4. The zero-order valence-electron chi connectivity index (χ0n) is 11.7. The molecule has 1 aromatic heterocycles. The Morgan fingerprint density at radius 1 is 1.32 bits per heavy atom. The van der Waals surface area contributed by atoms with Crippen molar-refractivity contribution in [2.75, 3.05) is 12.3 Å². The van der Waals surface area contributed by atoms with Gasteiger partial charge in [0.05, 0.1) is 16.7 Å². The van der Waals surface area contributed by atoms with Gasteiger partial charge in [0.2, 0.25) is 0 Å². The Balaban J connectivity index is 2.49. The maximum atomic E-state index is 11.4. The van der Waals surface area contributed by atoms with Crippen LogP contribution in [0, 0.1) is 6.92 Å². The van der Waals surface area contributed by atoms with Crippen LogP contribution in [-0.4, -0.2) is 22.5 Å². The predicted octanol–water partition coefficient (Wildman–Crippen LogP) is 4.26. The normalized spacial score (nSPS) is 10.6. The van der Waals surface area contributed by atoms with Crippen molar-refractivity contribution < 1.29 is 14.3 Å². The van der Waals surface area contributed by atoms with E-state index in [4.69, 9.17) is 50.0 Å². The smallest absolute Gasteiger partial charge is 0.434 e. The van der Waals surface area contributed by atoms with Crippen molar-refractivity contribution in [3.8, 4) is 11.4 Å². The van der Waals surface area contributed by atoms with Gasteiger partial charge in [-0.2, -0.15) is 5.10 Å². The van der Waals surface area contributed by atoms with E-state index in [9.17, 15) is 4.79 Å². The predicted molar refractivity (Wildman–Crippen MR) is 85.4 cm³/mol. The molecule has 0 fully saturated rings. The monoisotopic (exact) mass is 363 g/mol. The second kappa shape index (κ2) is 6.64. The first kappa shape index (κ1) is 16.7. The fourth-order valence-corrected chi connectivity index (χ4v) is 2.77. The molecule has 0 unspecified atom stereocenters. The fraction of sp³-hybridized carbons (Fsp3) is 0.231. The van der Waals surface area contributed by atoms with Gasteiger partial charge in [0, 0.05) is 5.02 Å². The maximum absolute atomic E-state index is 11.4. The number of halogens is 3. The molecule has 0 aliphatic rings. The summed E-state index contributed by atoms with van der Waals surface area (Å²) < 4.78 is 11.0. The van der Waals surface area contributed by atoms with Crippen LogP contribution in [0.15, 0.2) is 12.1 Å². The number of anilines is 1. The number of carbonyl (C=O) groups is 1. The van der Waals surface area contributed by atoms with E-state index in [0.29, 0.717) is 16.4 Å². The molecule has 0 aliphatic heterocycles. The van der Waals surface area contributed by atoms with E-state index in [1.165, 1.54) is 16.8 Å². The first-order valence-electron chi connectivity index (χ1n) is 6.19. The van der Waals surface area contributed by atoms with Gasteiger partial charge in [0.25, 0.3) is 0 Å². The molecular formula is C13H12Cl3N3O3. The minimum absolute atomic E-state index is 0.0664. The molecule has 0 saturated heterocycles. The average molecular weight is 365 g/mol. The first-order valence-corrected chi connectivity index (χ1v) is 7.33. The largest absolute Gasteiger partial charge is 0.514 e. The van der Waals surface area contributed by atoms with Crippen molar-refractivity contribution in [3.63, 3.8) is 0 Å². The molecule has 0 amide bonds. The van der Waals surface area contributed by atoms with Crippen LogP contribution in [0.4, 0.5) is 10.6 Å². The van der Waals surface area contributed by atoms with Crippen LogP contribution in [0.2, 0.25) is 15.1 Å². The van der Waals surface area contributed by atoms with Gasteiger partial charge >= 0.3 is 6.16 Å². The lowest BCUT2D eigenvalue weighted by molar-refractivity contribution is 0.104. The highest BCUT2D eigenvalue weighted by molar-refractivity contribution is 6.40. The van der Waals surface area contributed by atoms with E-state index >= 15 is 0 Å². The molecule has 118 valence electrons. The van der Waals surface area contributed by atoms with Crippen molar-refractivity contribution in [2.45, 2.75) is 13.8 Å². The molecule has 2 N–H and O–H groups in total. The molecule has 0 radical (unpaired) electrons. The van der Waals surface area contributed by atoms with Crippen molar-refractivity contribution in [3.05, 3.63) is 32.9 Å². The Labute approximate surface area is 141 Å². The standard InChI is InChI=1S/C13H12Cl3N3O3/c1-3-21-13(20)22-11-6(2)18-19(12(11)17)10-8(15)4-7(14)5-9(10)16/h4-5H,3,17H2,1-2H3. The van der Waals surface area contributed by atoms with Gasteiger partial charge in [-0.15, -0.1) is 0 Å². The summed E-state index contributed by atoms with van der Waals surface area (Å²) in [6, 6.07) is 3.01. The topological polar surface area (TPSA) is 79.4 Å². The Bertz CT molecular complexity index is 708.